The fraction of sp³-hybridized carbons (Fsp3) is 0.231. The van der Waals surface area contributed by atoms with E-state index in [4.69, 9.17) is 0 Å². The summed E-state index contributed by atoms with van der Waals surface area (Å²) in [5, 5.41) is 2.54. The summed E-state index contributed by atoms with van der Waals surface area (Å²) >= 11 is 1.34. The van der Waals surface area contributed by atoms with Crippen molar-refractivity contribution in [2.24, 2.45) is 0 Å². The summed E-state index contributed by atoms with van der Waals surface area (Å²) in [6.07, 6.45) is 2.38. The monoisotopic (exact) mass is 231 g/mol. The Morgan fingerprint density at radius 1 is 1.31 bits per heavy atom. The molecule has 0 aliphatic carbocycles. The maximum atomic E-state index is 11.3. The van der Waals surface area contributed by atoms with Gasteiger partial charge in [0, 0.05) is 23.8 Å². The van der Waals surface area contributed by atoms with Crippen molar-refractivity contribution in [3.63, 3.8) is 0 Å². The second-order valence-corrected chi connectivity index (χ2v) is 4.53. The molecule has 0 amide bonds. The largest absolute Gasteiger partial charge is 0.287 e. The van der Waals surface area contributed by atoms with Gasteiger partial charge >= 0.3 is 0 Å². The van der Waals surface area contributed by atoms with Crippen LogP contribution >= 0.6 is 11.8 Å². The highest BCUT2D eigenvalue weighted by molar-refractivity contribution is 8.12. The molecule has 2 aromatic rings. The van der Waals surface area contributed by atoms with E-state index in [1.165, 1.54) is 17.1 Å². The third-order valence-electron chi connectivity index (χ3n) is 2.41. The number of pyridine rings is 1. The smallest absolute Gasteiger partial charge is 0.189 e. The van der Waals surface area contributed by atoms with Crippen molar-refractivity contribution in [1.29, 1.82) is 0 Å². The second-order valence-electron chi connectivity index (χ2n) is 3.49. The minimum absolute atomic E-state index is 0.217. The molecule has 1 aromatic heterocycles. The quantitative estimate of drug-likeness (QED) is 0.811. The van der Waals surface area contributed by atoms with Crippen LogP contribution in [0.4, 0.5) is 0 Å². The van der Waals surface area contributed by atoms with Gasteiger partial charge in [-0.15, -0.1) is 0 Å². The zero-order valence-electron chi connectivity index (χ0n) is 9.14. The molecule has 0 N–H and O–H groups in total. The molecule has 1 heterocycles. The Morgan fingerprint density at radius 3 is 2.94 bits per heavy atom. The molecule has 0 spiro atoms. The van der Waals surface area contributed by atoms with Crippen molar-refractivity contribution >= 4 is 27.6 Å². The molecule has 0 aliphatic heterocycles. The number of carbonyl (C=O) groups is 1. The summed E-state index contributed by atoms with van der Waals surface area (Å²) in [6, 6.07) is 10.1. The van der Waals surface area contributed by atoms with Gasteiger partial charge in [0.05, 0.1) is 5.69 Å². The molecule has 1 aromatic carbocycles. The van der Waals surface area contributed by atoms with Gasteiger partial charge < -0.3 is 0 Å². The number of hydrogen-bond acceptors (Lipinski definition) is 3. The Balaban J connectivity index is 2.27. The number of carbonyl (C=O) groups excluding carboxylic acids is 1. The lowest BCUT2D eigenvalue weighted by molar-refractivity contribution is -0.110. The fourth-order valence-corrected chi connectivity index (χ4v) is 2.28. The lowest BCUT2D eigenvalue weighted by Crippen LogP contribution is -1.93. The minimum Gasteiger partial charge on any atom is -0.287 e. The van der Waals surface area contributed by atoms with Gasteiger partial charge in [0.25, 0.3) is 0 Å². The average molecular weight is 231 g/mol. The van der Waals surface area contributed by atoms with E-state index in [0.29, 0.717) is 12.2 Å². The topological polar surface area (TPSA) is 30.0 Å². The molecular formula is C13H13NOS. The van der Waals surface area contributed by atoms with Gasteiger partial charge in [-0.2, -0.15) is 0 Å². The van der Waals surface area contributed by atoms with Crippen LogP contribution in [-0.2, 0) is 10.5 Å². The molecule has 16 heavy (non-hydrogen) atoms. The third-order valence-corrected chi connectivity index (χ3v) is 3.44. The SMILES string of the molecule is CCC(=O)SCc1nccc2ccccc12. The maximum Gasteiger partial charge on any atom is 0.189 e. The highest BCUT2D eigenvalue weighted by atomic mass is 32.2. The van der Waals surface area contributed by atoms with E-state index < -0.39 is 0 Å². The molecule has 0 fully saturated rings. The van der Waals surface area contributed by atoms with Gasteiger partial charge in [-0.3, -0.25) is 9.78 Å². The highest BCUT2D eigenvalue weighted by Gasteiger charge is 2.04. The van der Waals surface area contributed by atoms with Crippen LogP contribution in [-0.4, -0.2) is 10.1 Å². The van der Waals surface area contributed by atoms with Crippen LogP contribution in [0.3, 0.4) is 0 Å². The summed E-state index contributed by atoms with van der Waals surface area (Å²) in [7, 11) is 0. The molecule has 0 atom stereocenters. The number of benzene rings is 1. The molecule has 0 bridgehead atoms. The summed E-state index contributed by atoms with van der Waals surface area (Å²) in [5.74, 6) is 0.661. The summed E-state index contributed by atoms with van der Waals surface area (Å²) in [6.45, 7) is 1.88. The van der Waals surface area contributed by atoms with Gasteiger partial charge in [-0.05, 0) is 11.5 Å². The Bertz CT molecular complexity index is 505. The standard InChI is InChI=1S/C13H13NOS/c1-2-13(15)16-9-12-11-6-4-3-5-10(11)7-8-14-12/h3-8H,2,9H2,1H3. The van der Waals surface area contributed by atoms with E-state index in [2.05, 4.69) is 17.1 Å². The molecule has 0 saturated carbocycles. The molecule has 3 heteroatoms. The average Bonchev–Trinajstić information content (AvgIpc) is 2.35. The zero-order valence-corrected chi connectivity index (χ0v) is 9.96. The zero-order chi connectivity index (χ0) is 11.4. The molecule has 0 unspecified atom stereocenters. The van der Waals surface area contributed by atoms with Crippen LogP contribution in [0, 0.1) is 0 Å². The highest BCUT2D eigenvalue weighted by Crippen LogP contribution is 2.21. The normalized spacial score (nSPS) is 10.6. The lowest BCUT2D eigenvalue weighted by atomic mass is 10.1. The number of hydrogen-bond donors (Lipinski definition) is 0. The van der Waals surface area contributed by atoms with Gasteiger partial charge in [-0.1, -0.05) is 43.0 Å². The minimum atomic E-state index is 0.217. The second kappa shape index (κ2) is 5.12. The predicted octanol–water partition coefficient (Wildman–Crippen LogP) is 3.40. The Morgan fingerprint density at radius 2 is 2.12 bits per heavy atom. The Hall–Kier alpha value is -1.35. The first-order valence-corrected chi connectivity index (χ1v) is 6.28. The first-order chi connectivity index (χ1) is 7.81. The predicted molar refractivity (Wildman–Crippen MR) is 68.3 cm³/mol. The van der Waals surface area contributed by atoms with Gasteiger partial charge in [0.15, 0.2) is 5.12 Å². The number of fused-ring (bicyclic) bond motifs is 1. The molecule has 2 nitrogen and oxygen atoms in total. The van der Waals surface area contributed by atoms with Crippen molar-refractivity contribution < 1.29 is 4.79 Å². The van der Waals surface area contributed by atoms with Crippen molar-refractivity contribution in [1.82, 2.24) is 4.98 Å². The van der Waals surface area contributed by atoms with Gasteiger partial charge in [-0.25, -0.2) is 0 Å². The van der Waals surface area contributed by atoms with Crippen LogP contribution in [0.25, 0.3) is 10.8 Å². The number of thioether (sulfide) groups is 1. The molecule has 0 saturated heterocycles. The number of rotatable bonds is 3. The van der Waals surface area contributed by atoms with Crippen LogP contribution in [0.15, 0.2) is 36.5 Å². The Kier molecular flexibility index (Phi) is 3.57. The van der Waals surface area contributed by atoms with E-state index in [1.54, 1.807) is 6.20 Å². The van der Waals surface area contributed by atoms with Gasteiger partial charge in [0.1, 0.15) is 0 Å². The van der Waals surface area contributed by atoms with E-state index in [0.717, 1.165) is 11.1 Å². The van der Waals surface area contributed by atoms with Crippen molar-refractivity contribution in [3.8, 4) is 0 Å². The summed E-state index contributed by atoms with van der Waals surface area (Å²) in [5.41, 5.74) is 0.991. The van der Waals surface area contributed by atoms with E-state index in [-0.39, 0.29) is 5.12 Å². The van der Waals surface area contributed by atoms with E-state index in [9.17, 15) is 4.79 Å². The summed E-state index contributed by atoms with van der Waals surface area (Å²) in [4.78, 5) is 15.6. The van der Waals surface area contributed by atoms with E-state index in [1.807, 2.05) is 25.1 Å². The van der Waals surface area contributed by atoms with Gasteiger partial charge in [0.2, 0.25) is 0 Å². The maximum absolute atomic E-state index is 11.3. The van der Waals surface area contributed by atoms with Crippen LogP contribution in [0.2, 0.25) is 0 Å². The summed E-state index contributed by atoms with van der Waals surface area (Å²) < 4.78 is 0. The number of aromatic nitrogens is 1. The lowest BCUT2D eigenvalue weighted by Gasteiger charge is -2.03. The van der Waals surface area contributed by atoms with Crippen LogP contribution < -0.4 is 0 Å². The molecule has 82 valence electrons. The molecule has 2 rings (SSSR count). The first kappa shape index (κ1) is 11.1. The third kappa shape index (κ3) is 2.42. The van der Waals surface area contributed by atoms with E-state index >= 15 is 0 Å². The first-order valence-electron chi connectivity index (χ1n) is 5.29. The molecule has 0 aliphatic rings. The van der Waals surface area contributed by atoms with Crippen molar-refractivity contribution in [2.45, 2.75) is 19.1 Å². The van der Waals surface area contributed by atoms with Crippen LogP contribution in [0.1, 0.15) is 19.0 Å². The Labute approximate surface area is 99.1 Å². The van der Waals surface area contributed by atoms with Crippen LogP contribution in [0.5, 0.6) is 0 Å². The fourth-order valence-electron chi connectivity index (χ4n) is 1.55. The van der Waals surface area contributed by atoms with Crippen molar-refractivity contribution in [2.75, 3.05) is 0 Å². The molecule has 0 radical (unpaired) electrons. The molecular weight excluding hydrogens is 218 g/mol. The number of nitrogens with zero attached hydrogens (tertiary/aromatic N) is 1. The van der Waals surface area contributed by atoms with Crippen molar-refractivity contribution in [3.05, 3.63) is 42.2 Å².